The summed E-state index contributed by atoms with van der Waals surface area (Å²) in [6, 6.07) is 10.5. The molecule has 98 valence electrons. The Bertz CT molecular complexity index is 806. The van der Waals surface area contributed by atoms with Crippen molar-refractivity contribution in [2.24, 2.45) is 0 Å². The molecule has 0 aromatic heterocycles. The Hall–Kier alpha value is -2.15. The minimum atomic E-state index is 0.286. The van der Waals surface area contributed by atoms with E-state index >= 15 is 0 Å². The summed E-state index contributed by atoms with van der Waals surface area (Å²) in [4.78, 5) is 12.6. The van der Waals surface area contributed by atoms with Crippen molar-refractivity contribution in [2.45, 2.75) is 26.2 Å². The number of carbonyl (C=O) groups is 1. The summed E-state index contributed by atoms with van der Waals surface area (Å²) in [6.07, 6.45) is 7.12. The molecule has 1 heteroatoms. The van der Waals surface area contributed by atoms with Gasteiger partial charge in [0, 0.05) is 12.0 Å². The molecule has 2 aliphatic rings. The van der Waals surface area contributed by atoms with Gasteiger partial charge in [-0.15, -0.1) is 0 Å². The molecule has 0 aliphatic heterocycles. The Morgan fingerprint density at radius 1 is 1.10 bits per heavy atom. The van der Waals surface area contributed by atoms with Gasteiger partial charge in [0.15, 0.2) is 5.78 Å². The first-order chi connectivity index (χ1) is 9.75. The zero-order chi connectivity index (χ0) is 13.7. The van der Waals surface area contributed by atoms with Gasteiger partial charge in [0.05, 0.1) is 0 Å². The van der Waals surface area contributed by atoms with Crippen LogP contribution in [0.5, 0.6) is 0 Å². The molecule has 0 atom stereocenters. The van der Waals surface area contributed by atoms with Crippen molar-refractivity contribution in [3.05, 3.63) is 64.7 Å². The Morgan fingerprint density at radius 3 is 2.90 bits per heavy atom. The highest BCUT2D eigenvalue weighted by atomic mass is 16.1. The molecule has 4 rings (SSSR count). The Balaban J connectivity index is 2.12. The van der Waals surface area contributed by atoms with Gasteiger partial charge < -0.3 is 0 Å². The van der Waals surface area contributed by atoms with E-state index < -0.39 is 0 Å². The zero-order valence-corrected chi connectivity index (χ0v) is 11.6. The molecule has 0 saturated carbocycles. The van der Waals surface area contributed by atoms with Crippen molar-refractivity contribution in [1.29, 1.82) is 0 Å². The summed E-state index contributed by atoms with van der Waals surface area (Å²) in [5, 5.41) is 2.31. The maximum Gasteiger partial charge on any atom is 0.168 e. The third-order valence-electron chi connectivity index (χ3n) is 4.48. The second kappa shape index (κ2) is 4.17. The zero-order valence-electron chi connectivity index (χ0n) is 11.6. The fraction of sp³-hybridized carbons (Fsp3) is 0.211. The van der Waals surface area contributed by atoms with E-state index in [9.17, 15) is 4.79 Å². The number of allylic oxidation sites excluding steroid dienone is 4. The van der Waals surface area contributed by atoms with E-state index in [1.165, 1.54) is 22.1 Å². The van der Waals surface area contributed by atoms with Crippen molar-refractivity contribution in [2.75, 3.05) is 0 Å². The molecule has 2 aromatic carbocycles. The molecule has 2 aliphatic carbocycles. The number of rotatable bonds is 0. The maximum absolute atomic E-state index is 12.6. The maximum atomic E-state index is 12.6. The van der Waals surface area contributed by atoms with Crippen LogP contribution in [-0.4, -0.2) is 5.78 Å². The minimum absolute atomic E-state index is 0.286. The average Bonchev–Trinajstić information content (AvgIpc) is 2.47. The number of ketones is 1. The standard InChI is InChI=1S/C19H16O/c1-12-5-4-7-13-9-10-16-15-8-3-2-6-14(15)11-17(20)19(16)18(12)13/h3-5,7-10H,2,6,11H2,1H3. The van der Waals surface area contributed by atoms with Gasteiger partial charge in [0.25, 0.3) is 0 Å². The molecule has 0 unspecified atom stereocenters. The molecule has 0 heterocycles. The molecular formula is C19H16O. The fourth-order valence-corrected chi connectivity index (χ4v) is 3.53. The quantitative estimate of drug-likeness (QED) is 0.662. The highest BCUT2D eigenvalue weighted by Crippen LogP contribution is 2.40. The van der Waals surface area contributed by atoms with Gasteiger partial charge in [0.1, 0.15) is 0 Å². The van der Waals surface area contributed by atoms with Crippen molar-refractivity contribution >= 4 is 22.1 Å². The van der Waals surface area contributed by atoms with Crippen LogP contribution in [0.15, 0.2) is 48.1 Å². The van der Waals surface area contributed by atoms with Gasteiger partial charge in [-0.25, -0.2) is 0 Å². The lowest BCUT2D eigenvalue weighted by Crippen LogP contribution is -2.14. The molecule has 0 saturated heterocycles. The molecule has 20 heavy (non-hydrogen) atoms. The highest BCUT2D eigenvalue weighted by Gasteiger charge is 2.26. The third kappa shape index (κ3) is 1.53. The molecular weight excluding hydrogens is 244 g/mol. The Kier molecular flexibility index (Phi) is 2.43. The second-order valence-corrected chi connectivity index (χ2v) is 5.72. The van der Waals surface area contributed by atoms with Gasteiger partial charge in [-0.3, -0.25) is 4.79 Å². The number of carbonyl (C=O) groups excluding carboxylic acids is 1. The monoisotopic (exact) mass is 260 g/mol. The lowest BCUT2D eigenvalue weighted by molar-refractivity contribution is 0.0991. The summed E-state index contributed by atoms with van der Waals surface area (Å²) in [5.41, 5.74) is 5.87. The summed E-state index contributed by atoms with van der Waals surface area (Å²) in [6.45, 7) is 2.09. The SMILES string of the molecule is Cc1cccc2ccc3c(c12)C(=O)CC1=C3C=CCC1. The molecule has 0 N–H and O–H groups in total. The third-order valence-corrected chi connectivity index (χ3v) is 4.48. The van der Waals surface area contributed by atoms with E-state index in [1.807, 2.05) is 0 Å². The van der Waals surface area contributed by atoms with E-state index in [0.717, 1.165) is 29.4 Å². The first-order valence-electron chi connectivity index (χ1n) is 7.20. The van der Waals surface area contributed by atoms with Crippen LogP contribution in [0, 0.1) is 6.92 Å². The van der Waals surface area contributed by atoms with E-state index in [0.29, 0.717) is 6.42 Å². The topological polar surface area (TPSA) is 17.1 Å². The minimum Gasteiger partial charge on any atom is -0.294 e. The van der Waals surface area contributed by atoms with Gasteiger partial charge in [-0.1, -0.05) is 48.1 Å². The molecule has 2 aromatic rings. The summed E-state index contributed by atoms with van der Waals surface area (Å²) < 4.78 is 0. The van der Waals surface area contributed by atoms with Crippen molar-refractivity contribution in [3.8, 4) is 0 Å². The molecule has 0 spiro atoms. The van der Waals surface area contributed by atoms with Crippen molar-refractivity contribution in [1.82, 2.24) is 0 Å². The van der Waals surface area contributed by atoms with E-state index in [-0.39, 0.29) is 5.78 Å². The molecule has 1 nitrogen and oxygen atoms in total. The van der Waals surface area contributed by atoms with Crippen LogP contribution in [0.25, 0.3) is 16.3 Å². The molecule has 0 amide bonds. The number of benzene rings is 2. The normalized spacial score (nSPS) is 17.4. The lowest BCUT2D eigenvalue weighted by Gasteiger charge is -2.25. The number of fused-ring (bicyclic) bond motifs is 4. The second-order valence-electron chi connectivity index (χ2n) is 5.72. The summed E-state index contributed by atoms with van der Waals surface area (Å²) in [5.74, 6) is 0.286. The fourth-order valence-electron chi connectivity index (χ4n) is 3.53. The van der Waals surface area contributed by atoms with E-state index in [1.54, 1.807) is 0 Å². The van der Waals surface area contributed by atoms with Crippen LogP contribution >= 0.6 is 0 Å². The summed E-state index contributed by atoms with van der Waals surface area (Å²) in [7, 11) is 0. The predicted octanol–water partition coefficient (Wildman–Crippen LogP) is 4.84. The Morgan fingerprint density at radius 2 is 2.00 bits per heavy atom. The first kappa shape index (κ1) is 11.7. The average molecular weight is 260 g/mol. The van der Waals surface area contributed by atoms with E-state index in [2.05, 4.69) is 49.4 Å². The highest BCUT2D eigenvalue weighted by molar-refractivity contribution is 6.16. The van der Waals surface area contributed by atoms with Gasteiger partial charge >= 0.3 is 0 Å². The Labute approximate surface area is 118 Å². The van der Waals surface area contributed by atoms with Crippen LogP contribution in [0.1, 0.15) is 40.7 Å². The number of aryl methyl sites for hydroxylation is 1. The lowest BCUT2D eigenvalue weighted by atomic mass is 9.78. The largest absolute Gasteiger partial charge is 0.294 e. The predicted molar refractivity (Wildman–Crippen MR) is 82.9 cm³/mol. The molecule has 0 fully saturated rings. The smallest absolute Gasteiger partial charge is 0.168 e. The van der Waals surface area contributed by atoms with Crippen molar-refractivity contribution in [3.63, 3.8) is 0 Å². The van der Waals surface area contributed by atoms with Crippen LogP contribution in [0.4, 0.5) is 0 Å². The van der Waals surface area contributed by atoms with Gasteiger partial charge in [-0.05, 0) is 47.2 Å². The van der Waals surface area contributed by atoms with Crippen LogP contribution in [-0.2, 0) is 0 Å². The number of hydrogen-bond donors (Lipinski definition) is 0. The van der Waals surface area contributed by atoms with Crippen molar-refractivity contribution < 1.29 is 4.79 Å². The molecule has 0 radical (unpaired) electrons. The van der Waals surface area contributed by atoms with Crippen LogP contribution < -0.4 is 0 Å². The van der Waals surface area contributed by atoms with Gasteiger partial charge in [0.2, 0.25) is 0 Å². The summed E-state index contributed by atoms with van der Waals surface area (Å²) >= 11 is 0. The number of Topliss-reactive ketones (excluding diaryl/α,β-unsaturated/α-hetero) is 1. The first-order valence-corrected chi connectivity index (χ1v) is 7.20. The van der Waals surface area contributed by atoms with Crippen LogP contribution in [0.2, 0.25) is 0 Å². The van der Waals surface area contributed by atoms with Crippen LogP contribution in [0.3, 0.4) is 0 Å². The van der Waals surface area contributed by atoms with E-state index in [4.69, 9.17) is 0 Å². The van der Waals surface area contributed by atoms with Gasteiger partial charge in [-0.2, -0.15) is 0 Å². The number of hydrogen-bond acceptors (Lipinski definition) is 1. The molecule has 0 bridgehead atoms.